The maximum Gasteiger partial charge on any atom is 0.262 e. The number of rotatable bonds is 18. The van der Waals surface area contributed by atoms with Crippen LogP contribution in [0.2, 0.25) is 0 Å². The third kappa shape index (κ3) is 10.6. The van der Waals surface area contributed by atoms with E-state index in [0.29, 0.717) is 59.5 Å². The van der Waals surface area contributed by atoms with Gasteiger partial charge in [0.2, 0.25) is 5.91 Å². The molecule has 0 spiro atoms. The number of nitrogens with zero attached hydrogens (tertiary/aromatic N) is 4. The summed E-state index contributed by atoms with van der Waals surface area (Å²) in [4.78, 5) is 60.2. The maximum absolute atomic E-state index is 14.0. The van der Waals surface area contributed by atoms with E-state index in [1.54, 1.807) is 38.6 Å². The van der Waals surface area contributed by atoms with Crippen LogP contribution in [0.4, 0.5) is 5.69 Å². The monoisotopic (exact) mass is 867 g/mol. The zero-order valence-corrected chi connectivity index (χ0v) is 37.8. The van der Waals surface area contributed by atoms with E-state index in [2.05, 4.69) is 44.3 Å². The summed E-state index contributed by atoms with van der Waals surface area (Å²) in [7, 11) is 1.93. The molecule has 4 aliphatic heterocycles. The Bertz CT molecular complexity index is 2060. The van der Waals surface area contributed by atoms with Gasteiger partial charge in [0, 0.05) is 68.1 Å². The van der Waals surface area contributed by atoms with Crippen molar-refractivity contribution in [3.63, 3.8) is 0 Å². The molecular formula is C49H65N5O7S. The van der Waals surface area contributed by atoms with E-state index in [0.717, 1.165) is 95.0 Å². The van der Waals surface area contributed by atoms with E-state index in [-0.39, 0.29) is 29.4 Å². The minimum Gasteiger partial charge on any atom is -0.493 e. The predicted octanol–water partition coefficient (Wildman–Crippen LogP) is 6.43. The van der Waals surface area contributed by atoms with Crippen LogP contribution in [0, 0.1) is 11.8 Å². The van der Waals surface area contributed by atoms with Crippen LogP contribution in [0.1, 0.15) is 114 Å². The maximum atomic E-state index is 14.0. The first-order chi connectivity index (χ1) is 30.1. The summed E-state index contributed by atoms with van der Waals surface area (Å²) in [6.07, 6.45) is 10.4. The fourth-order valence-electron chi connectivity index (χ4n) is 10.2. The molecule has 3 unspecified atom stereocenters. The Morgan fingerprint density at radius 1 is 0.806 bits per heavy atom. The molecule has 3 fully saturated rings. The fraction of sp³-hybridized carbons (Fsp3) is 0.551. The summed E-state index contributed by atoms with van der Waals surface area (Å²) in [5.74, 6) is 2.05. The van der Waals surface area contributed by atoms with Crippen molar-refractivity contribution in [2.45, 2.75) is 76.2 Å². The summed E-state index contributed by atoms with van der Waals surface area (Å²) < 4.78 is 23.8. The normalized spacial score (nSPS) is 19.9. The molecule has 4 aliphatic rings. The van der Waals surface area contributed by atoms with Crippen LogP contribution in [0.5, 0.6) is 11.5 Å². The highest BCUT2D eigenvalue weighted by molar-refractivity contribution is 7.84. The quantitative estimate of drug-likeness (QED) is 0.113. The molecule has 3 saturated heterocycles. The SMILES string of the molecule is CCOc1cc(C(CS(C)=O)N2C(=O)c3ccc(N4CCC(CN5CCC(CN6CCC(c7ccc(C(CCC=O)C(=O)NC)cc7)CC6)CC5)CC4)cc3C2=O)ccc1OC. The minimum absolute atomic E-state index is 0.0381. The lowest BCUT2D eigenvalue weighted by Gasteiger charge is -2.40. The standard InChI is InChI=1S/C49H65N5O7S/c1-5-61-46-29-39(12-15-45(46)60-3)44(33-62(4)59)54-48(57)42-14-13-40(30-43(42)49(54)58)53-26-18-35(19-27-53)32-51-22-16-34(17-23-51)31-52-24-20-37(21-25-52)36-8-10-38(11-9-36)41(7-6-28-55)47(56)50-2/h8-15,28-30,34-35,37,41,44H,5-7,16-27,31-33H2,1-4H3,(H,50,56). The third-order valence-electron chi connectivity index (χ3n) is 13.7. The molecule has 4 heterocycles. The number of methoxy groups -OCH3 is 1. The van der Waals surface area contributed by atoms with Gasteiger partial charge in [-0.05, 0) is 143 Å². The number of benzene rings is 3. The minimum atomic E-state index is -1.28. The first-order valence-electron chi connectivity index (χ1n) is 22.7. The smallest absolute Gasteiger partial charge is 0.262 e. The molecule has 3 aromatic rings. The number of imide groups is 1. The van der Waals surface area contributed by atoms with Crippen LogP contribution >= 0.6 is 0 Å². The van der Waals surface area contributed by atoms with Gasteiger partial charge >= 0.3 is 0 Å². The van der Waals surface area contributed by atoms with E-state index in [9.17, 15) is 23.4 Å². The Labute approximate surface area is 370 Å². The van der Waals surface area contributed by atoms with Gasteiger partial charge in [-0.1, -0.05) is 30.3 Å². The van der Waals surface area contributed by atoms with Gasteiger partial charge in [-0.25, -0.2) is 0 Å². The Morgan fingerprint density at radius 3 is 2.02 bits per heavy atom. The second-order valence-electron chi connectivity index (χ2n) is 17.6. The van der Waals surface area contributed by atoms with Crippen LogP contribution in [0.15, 0.2) is 60.7 Å². The number of carbonyl (C=O) groups excluding carboxylic acids is 4. The van der Waals surface area contributed by atoms with Gasteiger partial charge in [0.05, 0.1) is 36.8 Å². The van der Waals surface area contributed by atoms with Gasteiger partial charge in [-0.15, -0.1) is 0 Å². The molecule has 7 rings (SSSR count). The second kappa shape index (κ2) is 21.2. The fourth-order valence-corrected chi connectivity index (χ4v) is 11.0. The molecule has 3 atom stereocenters. The molecule has 62 heavy (non-hydrogen) atoms. The van der Waals surface area contributed by atoms with Crippen LogP contribution in [0.25, 0.3) is 0 Å². The molecule has 334 valence electrons. The number of hydrogen-bond donors (Lipinski definition) is 1. The first kappa shape index (κ1) is 45.4. The molecule has 0 aromatic heterocycles. The molecule has 0 aliphatic carbocycles. The number of ether oxygens (including phenoxy) is 2. The van der Waals surface area contributed by atoms with Crippen molar-refractivity contribution in [3.8, 4) is 11.5 Å². The largest absolute Gasteiger partial charge is 0.493 e. The highest BCUT2D eigenvalue weighted by Crippen LogP contribution is 2.38. The van der Waals surface area contributed by atoms with Crippen LogP contribution in [-0.2, 0) is 20.4 Å². The lowest BCUT2D eigenvalue weighted by Crippen LogP contribution is -2.44. The highest BCUT2D eigenvalue weighted by atomic mass is 32.2. The van der Waals surface area contributed by atoms with Crippen molar-refractivity contribution in [3.05, 3.63) is 88.5 Å². The third-order valence-corrected chi connectivity index (χ3v) is 14.5. The Balaban J connectivity index is 0.856. The molecule has 1 N–H and O–H groups in total. The number of piperidine rings is 3. The van der Waals surface area contributed by atoms with Gasteiger partial charge in [-0.2, -0.15) is 0 Å². The average molecular weight is 868 g/mol. The number of likely N-dealkylation sites (tertiary alicyclic amines) is 2. The Kier molecular flexibility index (Phi) is 15.5. The Morgan fingerprint density at radius 2 is 1.42 bits per heavy atom. The van der Waals surface area contributed by atoms with E-state index in [4.69, 9.17) is 9.47 Å². The summed E-state index contributed by atoms with van der Waals surface area (Å²) in [5.41, 5.74) is 4.75. The van der Waals surface area contributed by atoms with Crippen molar-refractivity contribution in [2.75, 3.05) is 90.0 Å². The number of likely N-dealkylation sites (N-methyl/N-ethyl adjacent to an activating group) is 1. The van der Waals surface area contributed by atoms with E-state index in [1.165, 1.54) is 29.8 Å². The van der Waals surface area contributed by atoms with E-state index >= 15 is 0 Å². The number of nitrogens with one attached hydrogen (secondary N) is 1. The number of amides is 3. The van der Waals surface area contributed by atoms with Crippen molar-refractivity contribution in [1.82, 2.24) is 20.0 Å². The van der Waals surface area contributed by atoms with Gasteiger partial charge < -0.3 is 34.3 Å². The van der Waals surface area contributed by atoms with Gasteiger partial charge in [0.1, 0.15) is 6.29 Å². The lowest BCUT2D eigenvalue weighted by molar-refractivity contribution is -0.122. The molecule has 3 amide bonds. The summed E-state index contributed by atoms with van der Waals surface area (Å²) in [5, 5.41) is 2.75. The van der Waals surface area contributed by atoms with Crippen molar-refractivity contribution in [2.24, 2.45) is 11.8 Å². The average Bonchev–Trinajstić information content (AvgIpc) is 3.54. The Hall–Kier alpha value is -4.59. The van der Waals surface area contributed by atoms with E-state index in [1.807, 2.05) is 25.1 Å². The molecular weight excluding hydrogens is 803 g/mol. The molecule has 13 heteroatoms. The predicted molar refractivity (Wildman–Crippen MR) is 244 cm³/mol. The van der Waals surface area contributed by atoms with Gasteiger partial charge in [0.25, 0.3) is 11.8 Å². The topological polar surface area (TPSA) is 129 Å². The number of carbonyl (C=O) groups is 4. The summed E-state index contributed by atoms with van der Waals surface area (Å²) >= 11 is 0. The molecule has 12 nitrogen and oxygen atoms in total. The number of fused-ring (bicyclic) bond motifs is 1. The van der Waals surface area contributed by atoms with Crippen LogP contribution < -0.4 is 19.7 Å². The van der Waals surface area contributed by atoms with Crippen LogP contribution in [-0.4, -0.2) is 128 Å². The van der Waals surface area contributed by atoms with Crippen molar-refractivity contribution in [1.29, 1.82) is 0 Å². The summed E-state index contributed by atoms with van der Waals surface area (Å²) in [6.45, 7) is 11.0. The number of hydrogen-bond acceptors (Lipinski definition) is 10. The van der Waals surface area contributed by atoms with Crippen LogP contribution in [0.3, 0.4) is 0 Å². The van der Waals surface area contributed by atoms with E-state index < -0.39 is 16.8 Å². The van der Waals surface area contributed by atoms with Gasteiger partial charge in [0.15, 0.2) is 11.5 Å². The highest BCUT2D eigenvalue weighted by Gasteiger charge is 2.42. The molecule has 0 bridgehead atoms. The summed E-state index contributed by atoms with van der Waals surface area (Å²) in [6, 6.07) is 18.8. The molecule has 0 saturated carbocycles. The number of aldehydes is 1. The van der Waals surface area contributed by atoms with Crippen molar-refractivity contribution < 1.29 is 32.9 Å². The lowest BCUT2D eigenvalue weighted by atomic mass is 9.86. The zero-order chi connectivity index (χ0) is 43.8. The zero-order valence-electron chi connectivity index (χ0n) is 37.0. The first-order valence-corrected chi connectivity index (χ1v) is 24.4. The molecule has 3 aromatic carbocycles. The second-order valence-corrected chi connectivity index (χ2v) is 19.1. The van der Waals surface area contributed by atoms with Crippen molar-refractivity contribution >= 4 is 40.5 Å². The molecule has 0 radical (unpaired) electrons. The van der Waals surface area contributed by atoms with Gasteiger partial charge in [-0.3, -0.25) is 23.5 Å². The number of anilines is 1.